The molecule has 1 fully saturated rings. The van der Waals surface area contributed by atoms with Crippen molar-refractivity contribution < 1.29 is 13.6 Å². The van der Waals surface area contributed by atoms with E-state index >= 15 is 0 Å². The minimum Gasteiger partial charge on any atom is -0.352 e. The van der Waals surface area contributed by atoms with E-state index in [-0.39, 0.29) is 30.8 Å². The molecule has 0 saturated carbocycles. The van der Waals surface area contributed by atoms with Crippen LogP contribution in [0.1, 0.15) is 18.4 Å². The van der Waals surface area contributed by atoms with Gasteiger partial charge in [-0.1, -0.05) is 6.07 Å². The highest BCUT2D eigenvalue weighted by molar-refractivity contribution is 5.85. The number of nitrogens with one attached hydrogen (secondary N) is 2. The van der Waals surface area contributed by atoms with Crippen LogP contribution in [0.5, 0.6) is 0 Å². The first-order valence-corrected chi connectivity index (χ1v) is 6.09. The molecule has 0 spiro atoms. The Labute approximate surface area is 117 Å². The van der Waals surface area contributed by atoms with Crippen molar-refractivity contribution in [2.75, 3.05) is 13.1 Å². The van der Waals surface area contributed by atoms with Gasteiger partial charge in [0.2, 0.25) is 5.91 Å². The molecule has 0 aliphatic carbocycles. The van der Waals surface area contributed by atoms with Gasteiger partial charge in [-0.2, -0.15) is 0 Å². The Morgan fingerprint density at radius 1 is 1.37 bits per heavy atom. The number of benzene rings is 1. The largest absolute Gasteiger partial charge is 0.352 e. The van der Waals surface area contributed by atoms with Crippen molar-refractivity contribution in [2.45, 2.75) is 25.3 Å². The molecular formula is C13H17ClF2N2O. The first kappa shape index (κ1) is 15.9. The second-order valence-corrected chi connectivity index (χ2v) is 4.54. The lowest BCUT2D eigenvalue weighted by atomic mass is 10.1. The highest BCUT2D eigenvalue weighted by atomic mass is 35.5. The maximum absolute atomic E-state index is 13.0. The predicted octanol–water partition coefficient (Wildman–Crippen LogP) is 1.80. The maximum Gasteiger partial charge on any atom is 0.224 e. The standard InChI is InChI=1S/C13H16F2N2O.ClH/c14-11-4-3-9(6-12(11)15)7-13(18)17-10-2-1-5-16-8-10;/h3-4,6,10,16H,1-2,5,7-8H2,(H,17,18);1H/t10-;/m1./s1. The van der Waals surface area contributed by atoms with Crippen molar-refractivity contribution in [1.29, 1.82) is 0 Å². The minimum absolute atomic E-state index is 0. The van der Waals surface area contributed by atoms with Crippen LogP contribution in [0.15, 0.2) is 18.2 Å². The molecule has 0 unspecified atom stereocenters. The number of hydrogen-bond donors (Lipinski definition) is 2. The molecule has 1 heterocycles. The molecule has 1 aliphatic heterocycles. The molecule has 2 N–H and O–H groups in total. The summed E-state index contributed by atoms with van der Waals surface area (Å²) >= 11 is 0. The van der Waals surface area contributed by atoms with Crippen LogP contribution < -0.4 is 10.6 Å². The number of carbonyl (C=O) groups excluding carboxylic acids is 1. The number of piperidine rings is 1. The van der Waals surface area contributed by atoms with Crippen LogP contribution in [0.4, 0.5) is 8.78 Å². The molecule has 1 amide bonds. The highest BCUT2D eigenvalue weighted by Crippen LogP contribution is 2.09. The normalized spacial score (nSPS) is 18.5. The Morgan fingerprint density at radius 2 is 2.16 bits per heavy atom. The zero-order chi connectivity index (χ0) is 13.0. The van der Waals surface area contributed by atoms with Crippen molar-refractivity contribution in [3.05, 3.63) is 35.4 Å². The summed E-state index contributed by atoms with van der Waals surface area (Å²) in [5, 5.41) is 6.08. The fourth-order valence-corrected chi connectivity index (χ4v) is 2.09. The van der Waals surface area contributed by atoms with Crippen LogP contribution in [-0.4, -0.2) is 25.0 Å². The summed E-state index contributed by atoms with van der Waals surface area (Å²) in [6, 6.07) is 3.67. The molecule has 1 aromatic carbocycles. The van der Waals surface area contributed by atoms with E-state index in [1.165, 1.54) is 6.07 Å². The van der Waals surface area contributed by atoms with Gasteiger partial charge in [-0.25, -0.2) is 8.78 Å². The number of rotatable bonds is 3. The van der Waals surface area contributed by atoms with E-state index < -0.39 is 11.6 Å². The van der Waals surface area contributed by atoms with Crippen LogP contribution in [0.25, 0.3) is 0 Å². The Balaban J connectivity index is 0.00000180. The molecule has 0 radical (unpaired) electrons. The molecule has 19 heavy (non-hydrogen) atoms. The molecule has 1 atom stereocenters. The third-order valence-corrected chi connectivity index (χ3v) is 3.01. The number of carbonyl (C=O) groups is 1. The monoisotopic (exact) mass is 290 g/mol. The maximum atomic E-state index is 13.0. The lowest BCUT2D eigenvalue weighted by Gasteiger charge is -2.23. The number of halogens is 3. The zero-order valence-corrected chi connectivity index (χ0v) is 11.2. The summed E-state index contributed by atoms with van der Waals surface area (Å²) in [5.74, 6) is -1.97. The van der Waals surface area contributed by atoms with Gasteiger partial charge >= 0.3 is 0 Å². The SMILES string of the molecule is Cl.O=C(Cc1ccc(F)c(F)c1)N[C@@H]1CCCNC1. The molecule has 1 aliphatic rings. The third kappa shape index (κ3) is 4.76. The summed E-state index contributed by atoms with van der Waals surface area (Å²) < 4.78 is 25.7. The smallest absolute Gasteiger partial charge is 0.224 e. The molecule has 6 heteroatoms. The molecule has 1 saturated heterocycles. The third-order valence-electron chi connectivity index (χ3n) is 3.01. The Hall–Kier alpha value is -1.20. The molecule has 2 rings (SSSR count). The molecule has 1 aromatic rings. The van der Waals surface area contributed by atoms with Gasteiger partial charge in [0.05, 0.1) is 6.42 Å². The fourth-order valence-electron chi connectivity index (χ4n) is 2.09. The zero-order valence-electron chi connectivity index (χ0n) is 10.4. The van der Waals surface area contributed by atoms with Crippen LogP contribution in [0, 0.1) is 11.6 Å². The summed E-state index contributed by atoms with van der Waals surface area (Å²) in [6.07, 6.45) is 2.07. The van der Waals surface area contributed by atoms with E-state index in [2.05, 4.69) is 10.6 Å². The van der Waals surface area contributed by atoms with Gasteiger partial charge in [-0.05, 0) is 37.1 Å². The van der Waals surface area contributed by atoms with Gasteiger partial charge < -0.3 is 10.6 Å². The quantitative estimate of drug-likeness (QED) is 0.891. The lowest BCUT2D eigenvalue weighted by Crippen LogP contribution is -2.46. The van der Waals surface area contributed by atoms with Crippen LogP contribution in [0.2, 0.25) is 0 Å². The highest BCUT2D eigenvalue weighted by Gasteiger charge is 2.15. The molecular weight excluding hydrogens is 274 g/mol. The van der Waals surface area contributed by atoms with Crippen molar-refractivity contribution >= 4 is 18.3 Å². The summed E-state index contributed by atoms with van der Waals surface area (Å²) in [7, 11) is 0. The van der Waals surface area contributed by atoms with Crippen LogP contribution in [-0.2, 0) is 11.2 Å². The topological polar surface area (TPSA) is 41.1 Å². The summed E-state index contributed by atoms with van der Waals surface area (Å²) in [6.45, 7) is 1.75. The molecule has 3 nitrogen and oxygen atoms in total. The Kier molecular flexibility index (Phi) is 6.18. The average Bonchev–Trinajstić information content (AvgIpc) is 2.35. The molecule has 106 valence electrons. The van der Waals surface area contributed by atoms with E-state index in [9.17, 15) is 13.6 Å². The van der Waals surface area contributed by atoms with Gasteiger partial charge in [0, 0.05) is 12.6 Å². The summed E-state index contributed by atoms with van der Waals surface area (Å²) in [4.78, 5) is 11.7. The van der Waals surface area contributed by atoms with Gasteiger partial charge in [0.25, 0.3) is 0 Å². The molecule has 0 aromatic heterocycles. The van der Waals surface area contributed by atoms with Gasteiger partial charge in [-0.3, -0.25) is 4.79 Å². The van der Waals surface area contributed by atoms with Gasteiger partial charge in [0.1, 0.15) is 0 Å². The average molecular weight is 291 g/mol. The van der Waals surface area contributed by atoms with Gasteiger partial charge in [-0.15, -0.1) is 12.4 Å². The number of amides is 1. The first-order valence-electron chi connectivity index (χ1n) is 6.09. The Bertz CT molecular complexity index is 437. The second kappa shape index (κ2) is 7.40. The van der Waals surface area contributed by atoms with E-state index in [1.54, 1.807) is 0 Å². The summed E-state index contributed by atoms with van der Waals surface area (Å²) in [5.41, 5.74) is 0.482. The Morgan fingerprint density at radius 3 is 2.79 bits per heavy atom. The first-order chi connectivity index (χ1) is 8.65. The second-order valence-electron chi connectivity index (χ2n) is 4.54. The van der Waals surface area contributed by atoms with E-state index in [1.807, 2.05) is 0 Å². The van der Waals surface area contributed by atoms with Crippen LogP contribution in [0.3, 0.4) is 0 Å². The van der Waals surface area contributed by atoms with E-state index in [0.29, 0.717) is 5.56 Å². The predicted molar refractivity (Wildman–Crippen MR) is 71.3 cm³/mol. The van der Waals surface area contributed by atoms with Crippen LogP contribution >= 0.6 is 12.4 Å². The van der Waals surface area contributed by atoms with Crippen molar-refractivity contribution in [3.63, 3.8) is 0 Å². The van der Waals surface area contributed by atoms with Gasteiger partial charge in [0.15, 0.2) is 11.6 Å². The lowest BCUT2D eigenvalue weighted by molar-refractivity contribution is -0.121. The number of hydrogen-bond acceptors (Lipinski definition) is 2. The van der Waals surface area contributed by atoms with Crippen molar-refractivity contribution in [1.82, 2.24) is 10.6 Å². The molecule has 0 bridgehead atoms. The minimum atomic E-state index is -0.917. The van der Waals surface area contributed by atoms with Crippen molar-refractivity contribution in [2.24, 2.45) is 0 Å². The fraction of sp³-hybridized carbons (Fsp3) is 0.462. The van der Waals surface area contributed by atoms with E-state index in [4.69, 9.17) is 0 Å². The van der Waals surface area contributed by atoms with E-state index in [0.717, 1.165) is 38.1 Å². The van der Waals surface area contributed by atoms with Crippen molar-refractivity contribution in [3.8, 4) is 0 Å².